The molecule has 1 aliphatic rings. The molecule has 9 heteroatoms. The fourth-order valence-corrected chi connectivity index (χ4v) is 2.57. The number of aryl methyl sites for hydroxylation is 1. The number of nitrogens with zero attached hydrogens (tertiary/aromatic N) is 1. The van der Waals surface area contributed by atoms with E-state index in [0.717, 1.165) is 11.5 Å². The Bertz CT molecular complexity index is 767. The van der Waals surface area contributed by atoms with Gasteiger partial charge in [0.2, 0.25) is 0 Å². The number of hydrogen-bond donors (Lipinski definition) is 4. The van der Waals surface area contributed by atoms with Crippen LogP contribution in [0.1, 0.15) is 11.5 Å². The molecule has 1 saturated heterocycles. The summed E-state index contributed by atoms with van der Waals surface area (Å²) in [5.41, 5.74) is 6.54. The lowest BCUT2D eigenvalue weighted by atomic mass is 10.2. The summed E-state index contributed by atoms with van der Waals surface area (Å²) in [6, 6.07) is 8.17. The van der Waals surface area contributed by atoms with Gasteiger partial charge in [-0.05, 0) is 37.3 Å². The zero-order chi connectivity index (χ0) is 18.5. The van der Waals surface area contributed by atoms with Gasteiger partial charge in [0.05, 0.1) is 37.7 Å². The van der Waals surface area contributed by atoms with Crippen LogP contribution in [0.4, 0.5) is 20.6 Å². The second-order valence-corrected chi connectivity index (χ2v) is 5.86. The lowest BCUT2D eigenvalue weighted by Crippen LogP contribution is -2.35. The lowest BCUT2D eigenvalue weighted by Gasteiger charge is -2.15. The Hall–Kier alpha value is -2.62. The van der Waals surface area contributed by atoms with E-state index in [1.54, 1.807) is 12.1 Å². The van der Waals surface area contributed by atoms with Crippen LogP contribution in [0.25, 0.3) is 0 Å². The van der Waals surface area contributed by atoms with Gasteiger partial charge < -0.3 is 19.6 Å². The third-order valence-electron chi connectivity index (χ3n) is 3.89. The number of anilines is 2. The molecule has 0 saturated carbocycles. The molecule has 140 valence electrons. The Kier molecular flexibility index (Phi) is 5.71. The molecule has 1 fully saturated rings. The number of benzene rings is 1. The number of hydrogen-bond acceptors (Lipinski definition) is 7. The molecule has 0 bridgehead atoms. The van der Waals surface area contributed by atoms with E-state index in [4.69, 9.17) is 14.3 Å². The van der Waals surface area contributed by atoms with Gasteiger partial charge in [0.1, 0.15) is 23.4 Å². The molecule has 1 aromatic heterocycles. The van der Waals surface area contributed by atoms with Crippen LogP contribution >= 0.6 is 0 Å². The summed E-state index contributed by atoms with van der Waals surface area (Å²) in [6.07, 6.45) is -1.18. The minimum Gasteiger partial charge on any atom is -0.465 e. The predicted molar refractivity (Wildman–Crippen MR) is 93.0 cm³/mol. The number of rotatable bonds is 8. The summed E-state index contributed by atoms with van der Waals surface area (Å²) in [4.78, 5) is 13.0. The minimum absolute atomic E-state index is 0.194. The maximum absolute atomic E-state index is 14.2. The second kappa shape index (κ2) is 8.17. The molecule has 0 radical (unpaired) electrons. The summed E-state index contributed by atoms with van der Waals surface area (Å²) in [6.45, 7) is 2.59. The summed E-state index contributed by atoms with van der Waals surface area (Å²) >= 11 is 0. The summed E-state index contributed by atoms with van der Waals surface area (Å²) < 4.78 is 24.6. The highest BCUT2D eigenvalue weighted by Gasteiger charge is 2.32. The zero-order valence-corrected chi connectivity index (χ0v) is 14.3. The summed E-state index contributed by atoms with van der Waals surface area (Å²) in [5, 5.41) is 12.0. The molecule has 1 aromatic carbocycles. The van der Waals surface area contributed by atoms with Gasteiger partial charge >= 0.3 is 6.09 Å². The smallest absolute Gasteiger partial charge is 0.414 e. The van der Waals surface area contributed by atoms with Crippen molar-refractivity contribution < 1.29 is 23.4 Å². The van der Waals surface area contributed by atoms with Crippen molar-refractivity contribution in [1.29, 1.82) is 0 Å². The van der Waals surface area contributed by atoms with Gasteiger partial charge in [-0.15, -0.1) is 0 Å². The lowest BCUT2D eigenvalue weighted by molar-refractivity contribution is 0.0963. The number of aliphatic hydroxyl groups is 1. The molecule has 1 amide bonds. The van der Waals surface area contributed by atoms with Crippen LogP contribution in [-0.2, 0) is 11.3 Å². The summed E-state index contributed by atoms with van der Waals surface area (Å²) in [7, 11) is 0. The van der Waals surface area contributed by atoms with E-state index in [1.165, 1.54) is 11.0 Å². The first kappa shape index (κ1) is 18.2. The Labute approximate surface area is 149 Å². The predicted octanol–water partition coefficient (Wildman–Crippen LogP) is 1.71. The molecule has 1 aliphatic heterocycles. The highest BCUT2D eigenvalue weighted by molar-refractivity contribution is 5.90. The van der Waals surface area contributed by atoms with E-state index < -0.39 is 18.0 Å². The average Bonchev–Trinajstić information content (AvgIpc) is 3.21. The first-order chi connectivity index (χ1) is 12.6. The van der Waals surface area contributed by atoms with Crippen LogP contribution in [0.3, 0.4) is 0 Å². The zero-order valence-electron chi connectivity index (χ0n) is 14.3. The van der Waals surface area contributed by atoms with E-state index in [2.05, 4.69) is 16.2 Å². The van der Waals surface area contributed by atoms with Crippen LogP contribution in [-0.4, -0.2) is 37.1 Å². The summed E-state index contributed by atoms with van der Waals surface area (Å²) in [5.74, 6) is 1.14. The van der Waals surface area contributed by atoms with Crippen molar-refractivity contribution in [3.05, 3.63) is 47.7 Å². The van der Waals surface area contributed by atoms with Crippen LogP contribution in [0.2, 0.25) is 0 Å². The molecule has 26 heavy (non-hydrogen) atoms. The maximum Gasteiger partial charge on any atom is 0.414 e. The number of nitrogens with one attached hydrogen (secondary N) is 3. The Morgan fingerprint density at radius 1 is 1.31 bits per heavy atom. The quantitative estimate of drug-likeness (QED) is 0.321. The number of furan rings is 1. The first-order valence-electron chi connectivity index (χ1n) is 8.20. The number of cyclic esters (lactones) is 1. The third-order valence-corrected chi connectivity index (χ3v) is 3.89. The van der Waals surface area contributed by atoms with E-state index in [0.29, 0.717) is 17.9 Å². The number of hydrazine groups is 1. The van der Waals surface area contributed by atoms with Crippen molar-refractivity contribution in [2.75, 3.05) is 30.0 Å². The Morgan fingerprint density at radius 3 is 2.81 bits per heavy atom. The molecule has 4 N–H and O–H groups in total. The average molecular weight is 364 g/mol. The molecule has 3 rings (SSSR count). The number of amides is 1. The number of halogens is 1. The van der Waals surface area contributed by atoms with Gasteiger partial charge in [0.15, 0.2) is 0 Å². The number of ether oxygens (including phenoxy) is 1. The first-order valence-corrected chi connectivity index (χ1v) is 8.20. The highest BCUT2D eigenvalue weighted by Crippen LogP contribution is 2.25. The van der Waals surface area contributed by atoms with E-state index in [9.17, 15) is 9.18 Å². The molecule has 2 heterocycles. The van der Waals surface area contributed by atoms with Crippen molar-refractivity contribution in [3.8, 4) is 0 Å². The monoisotopic (exact) mass is 364 g/mol. The molecule has 8 nitrogen and oxygen atoms in total. The van der Waals surface area contributed by atoms with Crippen molar-refractivity contribution in [2.24, 2.45) is 0 Å². The van der Waals surface area contributed by atoms with Crippen LogP contribution in [0.5, 0.6) is 0 Å². The van der Waals surface area contributed by atoms with E-state index >= 15 is 0 Å². The molecule has 0 aliphatic carbocycles. The van der Waals surface area contributed by atoms with Gasteiger partial charge in [-0.3, -0.25) is 4.90 Å². The molecular weight excluding hydrogens is 343 g/mol. The second-order valence-electron chi connectivity index (χ2n) is 5.86. The fourth-order valence-electron chi connectivity index (χ4n) is 2.57. The van der Waals surface area contributed by atoms with Gasteiger partial charge in [0.25, 0.3) is 0 Å². The Morgan fingerprint density at radius 2 is 2.15 bits per heavy atom. The van der Waals surface area contributed by atoms with Crippen molar-refractivity contribution in [2.45, 2.75) is 19.6 Å². The number of aliphatic hydroxyl groups excluding tert-OH is 1. The molecule has 2 aromatic rings. The standard InChI is InChI=1S/C17H21FN4O4/c1-11-2-4-13(25-11)7-20-21-10-19-16-5-3-12(6-15(16)18)22-8-14(9-23)26-17(22)24/h2-6,14,19-21,23H,7-10H2,1H3/t14-/m1/s1. The van der Waals surface area contributed by atoms with Gasteiger partial charge in [-0.2, -0.15) is 0 Å². The topological polar surface area (TPSA) is 99.0 Å². The normalized spacial score (nSPS) is 16.8. The van der Waals surface area contributed by atoms with Gasteiger partial charge in [-0.25, -0.2) is 20.0 Å². The van der Waals surface area contributed by atoms with Crippen molar-refractivity contribution >= 4 is 17.5 Å². The van der Waals surface area contributed by atoms with Gasteiger partial charge in [0, 0.05) is 0 Å². The SMILES string of the molecule is Cc1ccc(CNNCNc2ccc(N3C[C@H](CO)OC3=O)cc2F)o1. The number of carbonyl (C=O) groups excluding carboxylic acids is 1. The maximum atomic E-state index is 14.2. The van der Waals surface area contributed by atoms with E-state index in [1.807, 2.05) is 19.1 Å². The number of carbonyl (C=O) groups is 1. The van der Waals surface area contributed by atoms with Gasteiger partial charge in [-0.1, -0.05) is 0 Å². The molecule has 0 spiro atoms. The fraction of sp³-hybridized carbons (Fsp3) is 0.353. The third kappa shape index (κ3) is 4.31. The largest absolute Gasteiger partial charge is 0.465 e. The molecular formula is C17H21FN4O4. The highest BCUT2D eigenvalue weighted by atomic mass is 19.1. The van der Waals surface area contributed by atoms with Crippen molar-refractivity contribution in [3.63, 3.8) is 0 Å². The van der Waals surface area contributed by atoms with E-state index in [-0.39, 0.29) is 19.8 Å². The van der Waals surface area contributed by atoms with Crippen LogP contribution < -0.4 is 21.1 Å². The van der Waals surface area contributed by atoms with Crippen molar-refractivity contribution in [1.82, 2.24) is 10.9 Å². The minimum atomic E-state index is -0.594. The van der Waals surface area contributed by atoms with Crippen LogP contribution in [0, 0.1) is 12.7 Å². The Balaban J connectivity index is 1.48. The molecule has 1 atom stereocenters. The molecule has 0 unspecified atom stereocenters. The van der Waals surface area contributed by atoms with Crippen LogP contribution in [0.15, 0.2) is 34.7 Å².